The highest BCUT2D eigenvalue weighted by atomic mass is 35.5. The summed E-state index contributed by atoms with van der Waals surface area (Å²) in [4.78, 5) is 0.301. The van der Waals surface area contributed by atoms with Crippen LogP contribution in [0.4, 0.5) is 0 Å². The van der Waals surface area contributed by atoms with Crippen LogP contribution in [0.15, 0.2) is 58.3 Å². The van der Waals surface area contributed by atoms with Gasteiger partial charge in [-0.05, 0) is 48.9 Å². The van der Waals surface area contributed by atoms with E-state index in [-0.39, 0.29) is 9.79 Å². The highest BCUT2D eigenvalue weighted by Crippen LogP contribution is 2.20. The van der Waals surface area contributed by atoms with Crippen molar-refractivity contribution in [3.63, 3.8) is 0 Å². The molecule has 0 aliphatic rings. The van der Waals surface area contributed by atoms with Crippen molar-refractivity contribution in [2.75, 3.05) is 6.26 Å². The predicted octanol–water partition coefficient (Wildman–Crippen LogP) is 2.78. The summed E-state index contributed by atoms with van der Waals surface area (Å²) in [5.74, 6) is 0. The van der Waals surface area contributed by atoms with Gasteiger partial charge in [0.1, 0.15) is 0 Å². The molecule has 0 aromatic heterocycles. The van der Waals surface area contributed by atoms with Gasteiger partial charge in [0.15, 0.2) is 9.84 Å². The smallest absolute Gasteiger partial charge is 0.224 e. The molecule has 1 N–H and O–H groups in total. The zero-order valence-corrected chi connectivity index (χ0v) is 14.9. The fourth-order valence-electron chi connectivity index (χ4n) is 1.99. The van der Waals surface area contributed by atoms with E-state index >= 15 is 0 Å². The molecule has 8 heteroatoms. The molecule has 0 unspecified atom stereocenters. The van der Waals surface area contributed by atoms with Crippen molar-refractivity contribution in [2.45, 2.75) is 22.8 Å². The third kappa shape index (κ3) is 4.54. The van der Waals surface area contributed by atoms with E-state index in [1.807, 2.05) is 0 Å². The minimum atomic E-state index is -3.69. The molecule has 0 aliphatic heterocycles. The van der Waals surface area contributed by atoms with E-state index in [0.717, 1.165) is 6.26 Å². The van der Waals surface area contributed by atoms with Gasteiger partial charge in [-0.1, -0.05) is 23.7 Å². The molecule has 0 bridgehead atoms. The van der Waals surface area contributed by atoms with Crippen LogP contribution in [0, 0.1) is 0 Å². The van der Waals surface area contributed by atoms with Gasteiger partial charge in [0, 0.05) is 17.3 Å². The number of sulfonamides is 1. The summed E-state index contributed by atoms with van der Waals surface area (Å²) in [6.07, 6.45) is 1.12. The van der Waals surface area contributed by atoms with Crippen molar-refractivity contribution >= 4 is 31.5 Å². The summed E-state index contributed by atoms with van der Waals surface area (Å²) in [5.41, 5.74) is 0.662. The van der Waals surface area contributed by atoms with E-state index in [9.17, 15) is 16.8 Å². The van der Waals surface area contributed by atoms with Crippen LogP contribution in [-0.2, 0) is 19.9 Å². The third-order valence-corrected chi connectivity index (χ3v) is 6.20. The second kappa shape index (κ2) is 6.60. The molecule has 0 amide bonds. The molecule has 0 saturated heterocycles. The van der Waals surface area contributed by atoms with Crippen LogP contribution in [0.3, 0.4) is 0 Å². The van der Waals surface area contributed by atoms with Crippen LogP contribution >= 0.6 is 11.6 Å². The number of benzene rings is 2. The first kappa shape index (κ1) is 17.9. The van der Waals surface area contributed by atoms with Crippen LogP contribution in [0.1, 0.15) is 18.5 Å². The van der Waals surface area contributed by atoms with Gasteiger partial charge in [0.25, 0.3) is 0 Å². The van der Waals surface area contributed by atoms with Gasteiger partial charge in [-0.25, -0.2) is 21.6 Å². The molecule has 0 aliphatic carbocycles. The Kier molecular flexibility index (Phi) is 5.15. The molecular formula is C15H16ClNO4S2. The normalized spacial score (nSPS) is 13.7. The van der Waals surface area contributed by atoms with Crippen molar-refractivity contribution in [1.29, 1.82) is 0 Å². The van der Waals surface area contributed by atoms with Gasteiger partial charge in [-0.3, -0.25) is 0 Å². The van der Waals surface area contributed by atoms with Gasteiger partial charge in [0.05, 0.1) is 9.79 Å². The summed E-state index contributed by atoms with van der Waals surface area (Å²) < 4.78 is 50.0. The van der Waals surface area contributed by atoms with Gasteiger partial charge < -0.3 is 0 Å². The van der Waals surface area contributed by atoms with E-state index in [4.69, 9.17) is 11.6 Å². The first-order valence-corrected chi connectivity index (χ1v) is 10.4. The van der Waals surface area contributed by atoms with Crippen LogP contribution in [0.25, 0.3) is 0 Å². The van der Waals surface area contributed by atoms with Crippen molar-refractivity contribution in [3.8, 4) is 0 Å². The lowest BCUT2D eigenvalue weighted by Crippen LogP contribution is -2.26. The number of hydrogen-bond donors (Lipinski definition) is 1. The molecule has 2 aromatic rings. The molecule has 2 rings (SSSR count). The number of rotatable bonds is 5. The Morgan fingerprint density at radius 3 is 1.83 bits per heavy atom. The summed E-state index contributed by atoms with van der Waals surface area (Å²) in [6.45, 7) is 1.68. The molecule has 0 spiro atoms. The zero-order valence-electron chi connectivity index (χ0n) is 12.5. The summed E-state index contributed by atoms with van der Waals surface area (Å²) in [6, 6.07) is 11.4. The Morgan fingerprint density at radius 2 is 1.35 bits per heavy atom. The number of sulfone groups is 1. The molecule has 124 valence electrons. The predicted molar refractivity (Wildman–Crippen MR) is 89.7 cm³/mol. The van der Waals surface area contributed by atoms with Crippen molar-refractivity contribution in [3.05, 3.63) is 59.1 Å². The third-order valence-electron chi connectivity index (χ3n) is 3.26. The molecule has 5 nitrogen and oxygen atoms in total. The van der Waals surface area contributed by atoms with Crippen molar-refractivity contribution in [1.82, 2.24) is 4.72 Å². The number of hydrogen-bond acceptors (Lipinski definition) is 4. The minimum Gasteiger partial charge on any atom is -0.224 e. The van der Waals surface area contributed by atoms with E-state index in [2.05, 4.69) is 4.72 Å². The summed E-state index contributed by atoms with van der Waals surface area (Å²) in [5, 5.41) is 0.452. The average Bonchev–Trinajstić information content (AvgIpc) is 2.46. The topological polar surface area (TPSA) is 80.3 Å². The number of halogens is 1. The van der Waals surface area contributed by atoms with E-state index in [1.165, 1.54) is 36.4 Å². The Hall–Kier alpha value is -1.41. The molecule has 0 saturated carbocycles. The second-order valence-electron chi connectivity index (χ2n) is 5.14. The summed E-state index contributed by atoms with van der Waals surface area (Å²) >= 11 is 5.75. The molecule has 2 aromatic carbocycles. The molecule has 0 fully saturated rings. The first-order valence-electron chi connectivity index (χ1n) is 6.67. The van der Waals surface area contributed by atoms with E-state index in [0.29, 0.717) is 10.6 Å². The SMILES string of the molecule is C[C@H](NS(=O)(=O)c1ccc(Cl)cc1)c1ccc(S(C)(=O)=O)cc1. The maximum absolute atomic E-state index is 12.3. The molecule has 1 atom stereocenters. The van der Waals surface area contributed by atoms with E-state index in [1.54, 1.807) is 19.1 Å². The fourth-order valence-corrected chi connectivity index (χ4v) is 3.97. The van der Waals surface area contributed by atoms with Gasteiger partial charge in [-0.15, -0.1) is 0 Å². The van der Waals surface area contributed by atoms with Gasteiger partial charge in [0.2, 0.25) is 10.0 Å². The summed E-state index contributed by atoms with van der Waals surface area (Å²) in [7, 11) is -6.97. The molecule has 23 heavy (non-hydrogen) atoms. The number of nitrogens with one attached hydrogen (secondary N) is 1. The lowest BCUT2D eigenvalue weighted by atomic mass is 10.1. The molecular weight excluding hydrogens is 358 g/mol. The van der Waals surface area contributed by atoms with Crippen LogP contribution in [0.2, 0.25) is 5.02 Å². The zero-order chi connectivity index (χ0) is 17.3. The Morgan fingerprint density at radius 1 is 0.870 bits per heavy atom. The maximum atomic E-state index is 12.3. The first-order chi connectivity index (χ1) is 10.6. The average molecular weight is 374 g/mol. The van der Waals surface area contributed by atoms with Gasteiger partial charge in [-0.2, -0.15) is 0 Å². The lowest BCUT2D eigenvalue weighted by molar-refractivity contribution is 0.566. The monoisotopic (exact) mass is 373 g/mol. The maximum Gasteiger partial charge on any atom is 0.241 e. The second-order valence-corrected chi connectivity index (χ2v) is 9.30. The quantitative estimate of drug-likeness (QED) is 0.873. The standard InChI is InChI=1S/C15H16ClNO4S2/c1-11(12-3-7-14(8-4-12)22(2,18)19)17-23(20,21)15-9-5-13(16)6-10-15/h3-11,17H,1-2H3/t11-/m0/s1. The Balaban J connectivity index is 2.21. The Bertz CT molecular complexity index is 889. The largest absolute Gasteiger partial charge is 0.241 e. The van der Waals surface area contributed by atoms with Crippen LogP contribution < -0.4 is 4.72 Å². The Labute approximate surface area is 141 Å². The fraction of sp³-hybridized carbons (Fsp3) is 0.200. The van der Waals surface area contributed by atoms with Crippen LogP contribution in [-0.4, -0.2) is 23.1 Å². The highest BCUT2D eigenvalue weighted by Gasteiger charge is 2.18. The van der Waals surface area contributed by atoms with Crippen LogP contribution in [0.5, 0.6) is 0 Å². The molecule has 0 radical (unpaired) electrons. The lowest BCUT2D eigenvalue weighted by Gasteiger charge is -2.15. The minimum absolute atomic E-state index is 0.113. The van der Waals surface area contributed by atoms with E-state index < -0.39 is 25.9 Å². The highest BCUT2D eigenvalue weighted by molar-refractivity contribution is 7.90. The van der Waals surface area contributed by atoms with Crippen molar-refractivity contribution in [2.24, 2.45) is 0 Å². The molecule has 0 heterocycles. The van der Waals surface area contributed by atoms with Gasteiger partial charge >= 0.3 is 0 Å². The van der Waals surface area contributed by atoms with Crippen molar-refractivity contribution < 1.29 is 16.8 Å².